The third-order valence-corrected chi connectivity index (χ3v) is 8.58. The van der Waals surface area contributed by atoms with Gasteiger partial charge in [-0.2, -0.15) is 0 Å². The van der Waals surface area contributed by atoms with Gasteiger partial charge in [-0.05, 0) is 55.8 Å². The highest BCUT2D eigenvalue weighted by Gasteiger charge is 2.32. The lowest BCUT2D eigenvalue weighted by Gasteiger charge is -2.25. The molecule has 0 bridgehead atoms. The molecule has 8 heteroatoms. The molecule has 1 N–H and O–H groups in total. The molecule has 3 aromatic carbocycles. The van der Waals surface area contributed by atoms with Crippen LogP contribution in [-0.4, -0.2) is 22.2 Å². The molecule has 5 aromatic rings. The largest absolute Gasteiger partial charge is 0.497 e. The van der Waals surface area contributed by atoms with Crippen molar-refractivity contribution in [3.8, 4) is 5.75 Å². The number of amides is 1. The molecule has 0 fully saturated rings. The number of carbonyl (C=O) groups excluding carboxylic acids is 1. The smallest absolute Gasteiger partial charge is 0.271 e. The number of rotatable bonds is 7. The van der Waals surface area contributed by atoms with Crippen LogP contribution in [0.2, 0.25) is 0 Å². The van der Waals surface area contributed by atoms with Gasteiger partial charge in [0.25, 0.3) is 11.5 Å². The molecule has 210 valence electrons. The van der Waals surface area contributed by atoms with E-state index in [0.29, 0.717) is 38.6 Å². The van der Waals surface area contributed by atoms with Crippen molar-refractivity contribution >= 4 is 39.9 Å². The maximum atomic E-state index is 14.2. The van der Waals surface area contributed by atoms with Crippen LogP contribution in [-0.2, 0) is 11.3 Å². The van der Waals surface area contributed by atoms with Crippen molar-refractivity contribution in [1.82, 2.24) is 9.13 Å². The van der Waals surface area contributed by atoms with Crippen LogP contribution in [0.5, 0.6) is 5.75 Å². The molecule has 42 heavy (non-hydrogen) atoms. The second-order valence-electron chi connectivity index (χ2n) is 10.1. The number of ether oxygens (including phenoxy) is 1. The normalized spacial score (nSPS) is 14.9. The number of hydrogen-bond acceptors (Lipinski definition) is 5. The minimum atomic E-state index is -0.666. The van der Waals surface area contributed by atoms with E-state index in [0.717, 1.165) is 27.7 Å². The zero-order valence-corrected chi connectivity index (χ0v) is 24.4. The van der Waals surface area contributed by atoms with Crippen LogP contribution in [0, 0.1) is 6.92 Å². The number of nitrogens with zero attached hydrogens (tertiary/aromatic N) is 3. The van der Waals surface area contributed by atoms with Crippen molar-refractivity contribution in [3.63, 3.8) is 0 Å². The number of benzene rings is 3. The summed E-state index contributed by atoms with van der Waals surface area (Å²) in [6.07, 6.45) is 3.83. The van der Waals surface area contributed by atoms with Crippen LogP contribution in [0.1, 0.15) is 29.8 Å². The van der Waals surface area contributed by atoms with Gasteiger partial charge in [-0.3, -0.25) is 14.2 Å². The van der Waals surface area contributed by atoms with E-state index in [2.05, 4.69) is 35.5 Å². The Kier molecular flexibility index (Phi) is 7.22. The van der Waals surface area contributed by atoms with Crippen molar-refractivity contribution in [1.29, 1.82) is 0 Å². The molecule has 0 saturated heterocycles. The first-order valence-electron chi connectivity index (χ1n) is 13.6. The van der Waals surface area contributed by atoms with Crippen LogP contribution in [0.25, 0.3) is 17.0 Å². The van der Waals surface area contributed by atoms with Gasteiger partial charge in [0.05, 0.1) is 29.0 Å². The van der Waals surface area contributed by atoms with Crippen molar-refractivity contribution < 1.29 is 9.53 Å². The van der Waals surface area contributed by atoms with Crippen LogP contribution in [0.3, 0.4) is 0 Å². The first kappa shape index (κ1) is 27.2. The monoisotopic (exact) mass is 574 g/mol. The van der Waals surface area contributed by atoms with Gasteiger partial charge < -0.3 is 14.6 Å². The number of hydrogen-bond donors (Lipinski definition) is 1. The summed E-state index contributed by atoms with van der Waals surface area (Å²) in [5.74, 6) is 0.384. The molecule has 6 rings (SSSR count). The fourth-order valence-corrected chi connectivity index (χ4v) is 6.60. The Morgan fingerprint density at radius 2 is 1.76 bits per heavy atom. The lowest BCUT2D eigenvalue weighted by Crippen LogP contribution is -2.40. The standard InChI is InChI=1S/C34H30N4O3S/c1-5-19-37-22(3)27(26-13-9-10-14-28(26)37)20-29-33(40)38-31(23-15-17-25(41-4)18-16-23)30(21(2)35-34(38)42-29)32(39)36-24-11-7-6-8-12-24/h5-18,20,31H,1,19H2,2-4H3,(H,36,39)/b29-20+. The summed E-state index contributed by atoms with van der Waals surface area (Å²) in [6.45, 7) is 8.46. The van der Waals surface area contributed by atoms with E-state index in [-0.39, 0.29) is 11.5 Å². The van der Waals surface area contributed by atoms with E-state index >= 15 is 0 Å². The number of aromatic nitrogens is 2. The molecular weight excluding hydrogens is 544 g/mol. The maximum absolute atomic E-state index is 14.2. The molecule has 0 spiro atoms. The van der Waals surface area contributed by atoms with Gasteiger partial charge in [0.15, 0.2) is 4.80 Å². The summed E-state index contributed by atoms with van der Waals surface area (Å²) in [6, 6.07) is 24.2. The van der Waals surface area contributed by atoms with Crippen molar-refractivity contribution in [2.45, 2.75) is 26.4 Å². The third-order valence-electron chi connectivity index (χ3n) is 7.60. The highest BCUT2D eigenvalue weighted by molar-refractivity contribution is 7.07. The van der Waals surface area contributed by atoms with Gasteiger partial charge in [0, 0.05) is 34.4 Å². The summed E-state index contributed by atoms with van der Waals surface area (Å²) in [5, 5.41) is 4.05. The van der Waals surface area contributed by atoms with E-state index in [4.69, 9.17) is 9.73 Å². The summed E-state index contributed by atoms with van der Waals surface area (Å²) in [7, 11) is 1.61. The fourth-order valence-electron chi connectivity index (χ4n) is 5.57. The Morgan fingerprint density at radius 3 is 2.48 bits per heavy atom. The number of carbonyl (C=O) groups is 1. The van der Waals surface area contributed by atoms with E-state index in [1.807, 2.05) is 85.8 Å². The maximum Gasteiger partial charge on any atom is 0.271 e. The Labute approximate surface area is 247 Å². The lowest BCUT2D eigenvalue weighted by atomic mass is 9.95. The van der Waals surface area contributed by atoms with Crippen LogP contribution in [0.15, 0.2) is 113 Å². The first-order valence-corrected chi connectivity index (χ1v) is 14.4. The Morgan fingerprint density at radius 1 is 1.05 bits per heavy atom. The van der Waals surface area contributed by atoms with Gasteiger partial charge in [-0.25, -0.2) is 4.99 Å². The molecule has 1 aliphatic heterocycles. The van der Waals surface area contributed by atoms with Crippen molar-refractivity contribution in [2.75, 3.05) is 12.4 Å². The molecular formula is C34H30N4O3S. The molecule has 1 aliphatic rings. The van der Waals surface area contributed by atoms with Crippen molar-refractivity contribution in [2.24, 2.45) is 4.99 Å². The van der Waals surface area contributed by atoms with E-state index in [9.17, 15) is 9.59 Å². The highest BCUT2D eigenvalue weighted by atomic mass is 32.1. The SMILES string of the molecule is C=CCn1c(C)c(/C=c2/sc3n(c2=O)C(c2ccc(OC)cc2)C(C(=O)Nc2ccccc2)=C(C)N=3)c2ccccc21. The fraction of sp³-hybridized carbons (Fsp3) is 0.147. The summed E-state index contributed by atoms with van der Waals surface area (Å²) < 4.78 is 9.76. The predicted octanol–water partition coefficient (Wildman–Crippen LogP) is 5.33. The quantitative estimate of drug-likeness (QED) is 0.267. The van der Waals surface area contributed by atoms with Crippen LogP contribution < -0.4 is 24.9 Å². The molecule has 0 aliphatic carbocycles. The second-order valence-corrected chi connectivity index (χ2v) is 11.1. The third kappa shape index (κ3) is 4.69. The zero-order chi connectivity index (χ0) is 29.4. The van der Waals surface area contributed by atoms with Crippen molar-refractivity contribution in [3.05, 3.63) is 139 Å². The number of thiazole rings is 1. The van der Waals surface area contributed by atoms with Crippen LogP contribution in [0.4, 0.5) is 5.69 Å². The van der Waals surface area contributed by atoms with Gasteiger partial charge in [0.1, 0.15) is 5.75 Å². The molecule has 0 saturated carbocycles. The number of allylic oxidation sites excluding steroid dienone is 2. The molecule has 0 radical (unpaired) electrons. The van der Waals surface area contributed by atoms with Gasteiger partial charge in [-0.15, -0.1) is 6.58 Å². The number of methoxy groups -OCH3 is 1. The summed E-state index contributed by atoms with van der Waals surface area (Å²) >= 11 is 1.33. The number of para-hydroxylation sites is 2. The minimum absolute atomic E-state index is 0.197. The molecule has 1 unspecified atom stereocenters. The summed E-state index contributed by atoms with van der Waals surface area (Å²) in [5.41, 5.74) is 5.36. The topological polar surface area (TPSA) is 77.6 Å². The zero-order valence-electron chi connectivity index (χ0n) is 23.6. The van der Waals surface area contributed by atoms with E-state index in [1.165, 1.54) is 11.3 Å². The predicted molar refractivity (Wildman–Crippen MR) is 169 cm³/mol. The highest BCUT2D eigenvalue weighted by Crippen LogP contribution is 2.32. The van der Waals surface area contributed by atoms with Gasteiger partial charge in [0.2, 0.25) is 0 Å². The van der Waals surface area contributed by atoms with Gasteiger partial charge in [-0.1, -0.05) is 65.9 Å². The molecule has 1 amide bonds. The Hall–Kier alpha value is -4.95. The number of nitrogens with one attached hydrogen (secondary N) is 1. The van der Waals surface area contributed by atoms with E-state index < -0.39 is 6.04 Å². The minimum Gasteiger partial charge on any atom is -0.497 e. The molecule has 2 aromatic heterocycles. The molecule has 7 nitrogen and oxygen atoms in total. The lowest BCUT2D eigenvalue weighted by molar-refractivity contribution is -0.113. The van der Waals surface area contributed by atoms with Gasteiger partial charge >= 0.3 is 0 Å². The Bertz CT molecular complexity index is 2050. The number of fused-ring (bicyclic) bond motifs is 2. The average Bonchev–Trinajstić information content (AvgIpc) is 3.45. The molecule has 1 atom stereocenters. The first-order chi connectivity index (χ1) is 20.4. The number of anilines is 1. The Balaban J connectivity index is 1.54. The average molecular weight is 575 g/mol. The van der Waals surface area contributed by atoms with Crippen LogP contribution >= 0.6 is 11.3 Å². The molecule has 3 heterocycles. The van der Waals surface area contributed by atoms with E-state index in [1.54, 1.807) is 11.7 Å². The summed E-state index contributed by atoms with van der Waals surface area (Å²) in [4.78, 5) is 33.3. The second kappa shape index (κ2) is 11.1.